The Kier molecular flexibility index (Phi) is 11.8. The molecule has 0 aliphatic rings. The van der Waals surface area contributed by atoms with Gasteiger partial charge in [-0.15, -0.1) is 0 Å². The van der Waals surface area contributed by atoms with Crippen molar-refractivity contribution in [3.63, 3.8) is 0 Å². The van der Waals surface area contributed by atoms with Gasteiger partial charge >= 0.3 is 23.9 Å². The third-order valence-corrected chi connectivity index (χ3v) is 5.45. The first kappa shape index (κ1) is 32.9. The minimum atomic E-state index is -0.737. The summed E-state index contributed by atoms with van der Waals surface area (Å²) in [5.74, 6) is 9.57. The summed E-state index contributed by atoms with van der Waals surface area (Å²) in [5, 5.41) is 0. The van der Waals surface area contributed by atoms with Gasteiger partial charge in [0.25, 0.3) is 0 Å². The molecule has 0 atom stereocenters. The fourth-order valence-corrected chi connectivity index (χ4v) is 3.22. The summed E-state index contributed by atoms with van der Waals surface area (Å²) in [4.78, 5) is 47.2. The number of hydrogen-bond donors (Lipinski definition) is 0. The Labute approximate surface area is 260 Å². The van der Waals surface area contributed by atoms with E-state index in [1.165, 1.54) is 18.4 Å². The monoisotopic (exact) mass is 598 g/mol. The van der Waals surface area contributed by atoms with Crippen LogP contribution in [0.2, 0.25) is 0 Å². The van der Waals surface area contributed by atoms with Crippen molar-refractivity contribution in [1.82, 2.24) is 0 Å². The summed E-state index contributed by atoms with van der Waals surface area (Å²) in [6, 6.07) is 16.2. The smallest absolute Gasteiger partial charge is 0.337 e. The Morgan fingerprint density at radius 2 is 1.09 bits per heavy atom. The fraction of sp³-hybridized carbons (Fsp3) is 0.0270. The molecular weight excluding hydrogens is 572 g/mol. The highest BCUT2D eigenvalue weighted by molar-refractivity contribution is 5.88. The van der Waals surface area contributed by atoms with E-state index in [1.807, 2.05) is 0 Å². The van der Waals surface area contributed by atoms with E-state index < -0.39 is 23.9 Å². The van der Waals surface area contributed by atoms with Crippen LogP contribution < -0.4 is 14.2 Å². The summed E-state index contributed by atoms with van der Waals surface area (Å²) >= 11 is 0. The second-order valence-corrected chi connectivity index (χ2v) is 8.85. The molecule has 0 aromatic heterocycles. The Morgan fingerprint density at radius 1 is 0.644 bits per heavy atom. The van der Waals surface area contributed by atoms with Crippen molar-refractivity contribution in [3.05, 3.63) is 145 Å². The molecule has 3 aromatic rings. The average Bonchev–Trinajstić information content (AvgIpc) is 3.04. The van der Waals surface area contributed by atoms with E-state index in [4.69, 9.17) is 18.9 Å². The topological polar surface area (TPSA) is 105 Å². The van der Waals surface area contributed by atoms with Gasteiger partial charge in [-0.25, -0.2) is 19.2 Å². The van der Waals surface area contributed by atoms with E-state index in [2.05, 4.69) is 50.0 Å². The van der Waals surface area contributed by atoms with Crippen LogP contribution in [0.1, 0.15) is 34.7 Å². The lowest BCUT2D eigenvalue weighted by Crippen LogP contribution is -2.08. The van der Waals surface area contributed by atoms with Gasteiger partial charge in [-0.05, 0) is 55.0 Å². The maximum Gasteiger partial charge on any atom is 0.337 e. The molecule has 0 saturated carbocycles. The van der Waals surface area contributed by atoms with Crippen LogP contribution in [0.15, 0.2) is 117 Å². The summed E-state index contributed by atoms with van der Waals surface area (Å²) in [6.45, 7) is 15.3. The van der Waals surface area contributed by atoms with Gasteiger partial charge in [0.1, 0.15) is 17.2 Å². The predicted octanol–water partition coefficient (Wildman–Crippen LogP) is 5.85. The first-order valence-corrected chi connectivity index (χ1v) is 13.1. The van der Waals surface area contributed by atoms with E-state index in [0.29, 0.717) is 16.9 Å². The molecule has 3 aromatic carbocycles. The molecule has 0 saturated heterocycles. The number of carbonyl (C=O) groups is 4. The second-order valence-electron chi connectivity index (χ2n) is 8.85. The van der Waals surface area contributed by atoms with E-state index in [-0.39, 0.29) is 28.2 Å². The normalized spacial score (nSPS) is 9.71. The number of hydrogen-bond acceptors (Lipinski definition) is 8. The third-order valence-electron chi connectivity index (χ3n) is 5.45. The van der Waals surface area contributed by atoms with Gasteiger partial charge in [0.2, 0.25) is 0 Å². The highest BCUT2D eigenvalue weighted by atomic mass is 16.5. The zero-order valence-electron chi connectivity index (χ0n) is 24.3. The first-order valence-electron chi connectivity index (χ1n) is 13.1. The molecule has 0 heterocycles. The van der Waals surface area contributed by atoms with Crippen LogP contribution in [-0.4, -0.2) is 23.9 Å². The summed E-state index contributed by atoms with van der Waals surface area (Å²) in [7, 11) is 0. The molecule has 8 nitrogen and oxygen atoms in total. The van der Waals surface area contributed by atoms with Crippen molar-refractivity contribution in [2.75, 3.05) is 0 Å². The molecule has 0 N–H and O–H groups in total. The number of esters is 4. The highest BCUT2D eigenvalue weighted by Crippen LogP contribution is 2.29. The molecule has 0 amide bonds. The van der Waals surface area contributed by atoms with Crippen LogP contribution in [0.3, 0.4) is 0 Å². The van der Waals surface area contributed by atoms with E-state index in [0.717, 1.165) is 23.8 Å². The van der Waals surface area contributed by atoms with Gasteiger partial charge < -0.3 is 18.9 Å². The lowest BCUT2D eigenvalue weighted by Gasteiger charge is -2.10. The Hall–Kier alpha value is -6.64. The number of carbonyl (C=O) groups excluding carboxylic acids is 4. The Balaban J connectivity index is 1.98. The second kappa shape index (κ2) is 16.1. The average molecular weight is 599 g/mol. The van der Waals surface area contributed by atoms with Crippen molar-refractivity contribution >= 4 is 30.0 Å². The van der Waals surface area contributed by atoms with E-state index in [1.54, 1.807) is 61.5 Å². The van der Waals surface area contributed by atoms with E-state index in [9.17, 15) is 19.2 Å². The van der Waals surface area contributed by atoms with Crippen LogP contribution in [0.5, 0.6) is 17.2 Å². The quantitative estimate of drug-likeness (QED) is 0.0993. The molecule has 0 radical (unpaired) electrons. The number of ether oxygens (including phenoxy) is 4. The first-order chi connectivity index (χ1) is 21.6. The van der Waals surface area contributed by atoms with Crippen molar-refractivity contribution in [2.45, 2.75) is 6.92 Å². The largest absolute Gasteiger partial charge is 0.431 e. The molecule has 0 bridgehead atoms. The molecule has 0 fully saturated rings. The molecular formula is C37H26O8. The lowest BCUT2D eigenvalue weighted by molar-refractivity contribution is -0.133. The number of rotatable bonds is 9. The van der Waals surface area contributed by atoms with Gasteiger partial charge in [-0.3, -0.25) is 0 Å². The van der Waals surface area contributed by atoms with Gasteiger partial charge in [0.15, 0.2) is 0 Å². The SMILES string of the molecule is C=CC(=O)Oc1ccc(C#Cc2cc(OC(=O)C=C)c(C#Cc3ccc(/C=C/OC(=O)C(=C)C)cc3)cc2OC(=O)C=C)cc1. The lowest BCUT2D eigenvalue weighted by atomic mass is 10.1. The third kappa shape index (κ3) is 10.3. The Morgan fingerprint density at radius 3 is 1.53 bits per heavy atom. The van der Waals surface area contributed by atoms with Crippen LogP contribution >= 0.6 is 0 Å². The fourth-order valence-electron chi connectivity index (χ4n) is 3.22. The zero-order valence-corrected chi connectivity index (χ0v) is 24.3. The van der Waals surface area contributed by atoms with Crippen molar-refractivity contribution < 1.29 is 38.1 Å². The molecule has 0 spiro atoms. The van der Waals surface area contributed by atoms with Gasteiger partial charge in [-0.2, -0.15) is 0 Å². The van der Waals surface area contributed by atoms with Crippen molar-refractivity contribution in [1.29, 1.82) is 0 Å². The summed E-state index contributed by atoms with van der Waals surface area (Å²) in [5.41, 5.74) is 2.65. The highest BCUT2D eigenvalue weighted by Gasteiger charge is 2.14. The molecule has 0 aliphatic heterocycles. The summed E-state index contributed by atoms with van der Waals surface area (Å²) in [6.07, 6.45) is 5.91. The summed E-state index contributed by atoms with van der Waals surface area (Å²) < 4.78 is 20.9. The molecule has 45 heavy (non-hydrogen) atoms. The molecule has 0 aliphatic carbocycles. The standard InChI is InChI=1S/C37H26O8/c1-6-34(38)43-31-19-15-27(16-20-31)14-18-30-24-32(44-35(39)7-2)29(23-33(30)45-36(40)8-3)17-13-26-9-11-28(12-10-26)21-22-42-37(41)25(4)5/h6-12,15-16,19-24H,1-4H2,5H3/b22-21+. The maximum atomic E-state index is 12.1. The van der Waals surface area contributed by atoms with Gasteiger partial charge in [0, 0.05) is 47.1 Å². The molecule has 0 unspecified atom stereocenters. The van der Waals surface area contributed by atoms with Crippen LogP contribution in [0, 0.1) is 23.7 Å². The van der Waals surface area contributed by atoms with Gasteiger partial charge in [0.05, 0.1) is 17.4 Å². The maximum absolute atomic E-state index is 12.1. The molecule has 222 valence electrons. The minimum absolute atomic E-state index is 0.0522. The van der Waals surface area contributed by atoms with Gasteiger partial charge in [-0.1, -0.05) is 62.1 Å². The van der Waals surface area contributed by atoms with Crippen LogP contribution in [0.25, 0.3) is 6.08 Å². The van der Waals surface area contributed by atoms with Crippen molar-refractivity contribution in [2.24, 2.45) is 0 Å². The predicted molar refractivity (Wildman–Crippen MR) is 169 cm³/mol. The van der Waals surface area contributed by atoms with Crippen LogP contribution in [-0.2, 0) is 23.9 Å². The van der Waals surface area contributed by atoms with E-state index >= 15 is 0 Å². The van der Waals surface area contributed by atoms with Crippen molar-refractivity contribution in [3.8, 4) is 40.9 Å². The Bertz CT molecular complexity index is 1830. The molecule has 3 rings (SSSR count). The molecule has 8 heteroatoms. The zero-order chi connectivity index (χ0) is 32.8. The number of benzene rings is 3. The van der Waals surface area contributed by atoms with Crippen LogP contribution in [0.4, 0.5) is 0 Å². The minimum Gasteiger partial charge on any atom is -0.431 e.